The van der Waals surface area contributed by atoms with Crippen molar-refractivity contribution in [2.45, 2.75) is 25.3 Å². The first-order chi connectivity index (χ1) is 10.8. The third-order valence-electron chi connectivity index (χ3n) is 4.74. The zero-order valence-electron chi connectivity index (χ0n) is 13.0. The second-order valence-electron chi connectivity index (χ2n) is 6.16. The molecule has 0 aliphatic carbocycles. The Labute approximate surface area is 131 Å². The lowest BCUT2D eigenvalue weighted by atomic mass is 10.2. The van der Waals surface area contributed by atoms with Gasteiger partial charge in [-0.25, -0.2) is 0 Å². The number of rotatable bonds is 6. The molecule has 1 unspecified atom stereocenters. The summed E-state index contributed by atoms with van der Waals surface area (Å²) in [5, 5.41) is 12.3. The highest BCUT2D eigenvalue weighted by Crippen LogP contribution is 2.26. The Morgan fingerprint density at radius 3 is 3.05 bits per heavy atom. The molecule has 3 rings (SSSR count). The number of nitrogens with one attached hydrogen (secondary N) is 1. The van der Waals surface area contributed by atoms with E-state index in [9.17, 15) is 9.90 Å². The molecular weight excluding hydrogens is 278 g/mol. The quantitative estimate of drug-likeness (QED) is 0.809. The summed E-state index contributed by atoms with van der Waals surface area (Å²) in [6.45, 7) is 4.03. The Hall–Kier alpha value is -1.59. The van der Waals surface area contributed by atoms with Crippen LogP contribution in [0.5, 0.6) is 0 Å². The minimum absolute atomic E-state index is 0.0628. The predicted octanol–water partition coefficient (Wildman–Crippen LogP) is 0.622. The Balaban J connectivity index is 1.41. The van der Waals surface area contributed by atoms with E-state index in [2.05, 4.69) is 39.4 Å². The number of carbonyl (C=O) groups is 1. The summed E-state index contributed by atoms with van der Waals surface area (Å²) in [6.07, 6.45) is 3.16. The van der Waals surface area contributed by atoms with E-state index in [1.54, 1.807) is 0 Å². The number of hydrogen-bond donors (Lipinski definition) is 2. The zero-order valence-corrected chi connectivity index (χ0v) is 13.0. The topological polar surface area (TPSA) is 55.8 Å². The van der Waals surface area contributed by atoms with Gasteiger partial charge in [0.2, 0.25) is 5.91 Å². The van der Waals surface area contributed by atoms with Crippen LogP contribution in [0.1, 0.15) is 18.4 Å². The number of benzene rings is 1. The van der Waals surface area contributed by atoms with Crippen molar-refractivity contribution in [1.82, 2.24) is 10.2 Å². The Bertz CT molecular complexity index is 520. The summed E-state index contributed by atoms with van der Waals surface area (Å²) in [6, 6.07) is 8.64. The summed E-state index contributed by atoms with van der Waals surface area (Å²) in [5.41, 5.74) is 2.70. The first-order valence-electron chi connectivity index (χ1n) is 8.22. The smallest absolute Gasteiger partial charge is 0.234 e. The average Bonchev–Trinajstić information content (AvgIpc) is 3.14. The van der Waals surface area contributed by atoms with E-state index >= 15 is 0 Å². The van der Waals surface area contributed by atoms with Crippen LogP contribution in [0.4, 0.5) is 5.69 Å². The highest BCUT2D eigenvalue weighted by atomic mass is 16.3. The van der Waals surface area contributed by atoms with Gasteiger partial charge >= 0.3 is 0 Å². The van der Waals surface area contributed by atoms with Crippen LogP contribution in [0.2, 0.25) is 0 Å². The maximum absolute atomic E-state index is 12.0. The first-order valence-corrected chi connectivity index (χ1v) is 8.22. The molecule has 120 valence electrons. The van der Waals surface area contributed by atoms with Crippen molar-refractivity contribution in [2.75, 3.05) is 44.2 Å². The third kappa shape index (κ3) is 3.42. The second-order valence-corrected chi connectivity index (χ2v) is 6.16. The van der Waals surface area contributed by atoms with E-state index in [-0.39, 0.29) is 18.6 Å². The van der Waals surface area contributed by atoms with Crippen LogP contribution in [0, 0.1) is 0 Å². The molecule has 1 atom stereocenters. The van der Waals surface area contributed by atoms with Crippen LogP contribution in [-0.4, -0.2) is 61.3 Å². The predicted molar refractivity (Wildman–Crippen MR) is 87.0 cm³/mol. The van der Waals surface area contributed by atoms with Gasteiger partial charge in [0.1, 0.15) is 0 Å². The maximum atomic E-state index is 12.0. The fraction of sp³-hybridized carbons (Fsp3) is 0.588. The molecule has 22 heavy (non-hydrogen) atoms. The van der Waals surface area contributed by atoms with Gasteiger partial charge in [-0.05, 0) is 37.4 Å². The number of fused-ring (bicyclic) bond motifs is 1. The lowest BCUT2D eigenvalue weighted by molar-refractivity contribution is -0.122. The molecule has 1 aromatic carbocycles. The van der Waals surface area contributed by atoms with Gasteiger partial charge < -0.3 is 15.3 Å². The van der Waals surface area contributed by atoms with Gasteiger partial charge in [0.15, 0.2) is 0 Å². The molecule has 0 radical (unpaired) electrons. The van der Waals surface area contributed by atoms with Gasteiger partial charge in [-0.15, -0.1) is 0 Å². The lowest BCUT2D eigenvalue weighted by Crippen LogP contribution is -2.43. The average molecular weight is 303 g/mol. The van der Waals surface area contributed by atoms with Crippen LogP contribution in [0.25, 0.3) is 0 Å². The molecule has 0 spiro atoms. The molecular formula is C17H25N3O2. The second kappa shape index (κ2) is 7.11. The third-order valence-corrected chi connectivity index (χ3v) is 4.74. The highest BCUT2D eigenvalue weighted by molar-refractivity contribution is 5.78. The van der Waals surface area contributed by atoms with Crippen molar-refractivity contribution >= 4 is 11.6 Å². The normalized spacial score (nSPS) is 21.1. The van der Waals surface area contributed by atoms with Gasteiger partial charge in [-0.2, -0.15) is 0 Å². The van der Waals surface area contributed by atoms with Crippen LogP contribution >= 0.6 is 0 Å². The Kier molecular flexibility index (Phi) is 4.95. The molecule has 0 aromatic heterocycles. The number of aliphatic hydroxyl groups excluding tert-OH is 1. The van der Waals surface area contributed by atoms with Gasteiger partial charge in [0.05, 0.1) is 13.2 Å². The number of para-hydroxylation sites is 1. The van der Waals surface area contributed by atoms with Gasteiger partial charge in [0.25, 0.3) is 0 Å². The number of likely N-dealkylation sites (tertiary alicyclic amines) is 1. The van der Waals surface area contributed by atoms with Crippen LogP contribution < -0.4 is 10.2 Å². The summed E-state index contributed by atoms with van der Waals surface area (Å²) in [5.74, 6) is 0.0628. The van der Waals surface area contributed by atoms with E-state index < -0.39 is 0 Å². The van der Waals surface area contributed by atoms with Crippen molar-refractivity contribution in [3.8, 4) is 0 Å². The molecule has 2 aliphatic heterocycles. The van der Waals surface area contributed by atoms with Crippen molar-refractivity contribution in [2.24, 2.45) is 0 Å². The van der Waals surface area contributed by atoms with Crippen molar-refractivity contribution in [1.29, 1.82) is 0 Å². The molecule has 1 amide bonds. The number of aliphatic hydroxyl groups is 1. The van der Waals surface area contributed by atoms with Crippen molar-refractivity contribution < 1.29 is 9.90 Å². The van der Waals surface area contributed by atoms with Crippen molar-refractivity contribution in [3.63, 3.8) is 0 Å². The summed E-state index contributed by atoms with van der Waals surface area (Å²) in [4.78, 5) is 16.4. The standard InChI is InChI=1S/C17H25N3O2/c21-13-15-5-3-9-20(15)12-17(22)18-8-11-19-10-7-14-4-1-2-6-16(14)19/h1-2,4,6,15,21H,3,5,7-13H2,(H,18,22). The fourth-order valence-electron chi connectivity index (χ4n) is 3.52. The minimum Gasteiger partial charge on any atom is -0.395 e. The molecule has 2 N–H and O–H groups in total. The number of amides is 1. The molecule has 1 aromatic rings. The maximum Gasteiger partial charge on any atom is 0.234 e. The van der Waals surface area contributed by atoms with Gasteiger partial charge in [0, 0.05) is 31.4 Å². The first kappa shape index (κ1) is 15.3. The Morgan fingerprint density at radius 1 is 1.32 bits per heavy atom. The largest absolute Gasteiger partial charge is 0.395 e. The molecule has 5 nitrogen and oxygen atoms in total. The molecule has 1 saturated heterocycles. The SMILES string of the molecule is O=C(CN1CCCC1CO)NCCN1CCc2ccccc21. The molecule has 1 fully saturated rings. The fourth-order valence-corrected chi connectivity index (χ4v) is 3.52. The molecule has 5 heteroatoms. The summed E-state index contributed by atoms with van der Waals surface area (Å²) < 4.78 is 0. The number of carbonyl (C=O) groups excluding carboxylic acids is 1. The van der Waals surface area contributed by atoms with Gasteiger partial charge in [-0.3, -0.25) is 9.69 Å². The zero-order chi connectivity index (χ0) is 15.4. The van der Waals surface area contributed by atoms with Crippen LogP contribution in [0.3, 0.4) is 0 Å². The lowest BCUT2D eigenvalue weighted by Gasteiger charge is -2.23. The summed E-state index contributed by atoms with van der Waals surface area (Å²) >= 11 is 0. The number of nitrogens with zero attached hydrogens (tertiary/aromatic N) is 2. The summed E-state index contributed by atoms with van der Waals surface area (Å²) in [7, 11) is 0. The van der Waals surface area contributed by atoms with Gasteiger partial charge in [-0.1, -0.05) is 18.2 Å². The number of hydrogen-bond acceptors (Lipinski definition) is 4. The minimum atomic E-state index is 0.0628. The van der Waals surface area contributed by atoms with E-state index in [1.807, 2.05) is 0 Å². The monoisotopic (exact) mass is 303 g/mol. The Morgan fingerprint density at radius 2 is 2.18 bits per heavy atom. The van der Waals surface area contributed by atoms with E-state index in [4.69, 9.17) is 0 Å². The van der Waals surface area contributed by atoms with Crippen LogP contribution in [0.15, 0.2) is 24.3 Å². The van der Waals surface area contributed by atoms with E-state index in [1.165, 1.54) is 11.3 Å². The molecule has 0 saturated carbocycles. The molecule has 0 bridgehead atoms. The van der Waals surface area contributed by atoms with Crippen molar-refractivity contribution in [3.05, 3.63) is 29.8 Å². The highest BCUT2D eigenvalue weighted by Gasteiger charge is 2.25. The van der Waals surface area contributed by atoms with E-state index in [0.29, 0.717) is 13.1 Å². The molecule has 2 heterocycles. The molecule has 2 aliphatic rings. The number of anilines is 1. The van der Waals surface area contributed by atoms with E-state index in [0.717, 1.165) is 38.9 Å². The van der Waals surface area contributed by atoms with Crippen LogP contribution in [-0.2, 0) is 11.2 Å².